The first-order chi connectivity index (χ1) is 9.86. The first-order valence-corrected chi connectivity index (χ1v) is 6.46. The van der Waals surface area contributed by atoms with Crippen LogP contribution in [0.2, 0.25) is 0 Å². The van der Waals surface area contributed by atoms with Gasteiger partial charge in [0.1, 0.15) is 11.7 Å². The number of nitrogens with two attached hydrogens (primary N) is 1. The van der Waals surface area contributed by atoms with Crippen molar-refractivity contribution in [1.29, 1.82) is 0 Å². The molecular formula is C12H17N5O4. The van der Waals surface area contributed by atoms with Crippen LogP contribution in [0.15, 0.2) is 6.33 Å². The molecule has 9 heteroatoms. The largest absolute Gasteiger partial charge is 0.479 e. The first kappa shape index (κ1) is 14.0. The average Bonchev–Trinajstić information content (AvgIpc) is 2.92. The van der Waals surface area contributed by atoms with Crippen molar-refractivity contribution in [2.24, 2.45) is 0 Å². The highest BCUT2D eigenvalue weighted by Gasteiger charge is 2.51. The van der Waals surface area contributed by atoms with Crippen LogP contribution in [0, 0.1) is 0 Å². The van der Waals surface area contributed by atoms with E-state index in [1.807, 2.05) is 0 Å². The molecule has 0 bridgehead atoms. The molecule has 1 aliphatic heterocycles. The Hall–Kier alpha value is -1.97. The second kappa shape index (κ2) is 4.52. The van der Waals surface area contributed by atoms with Gasteiger partial charge in [0.25, 0.3) is 0 Å². The van der Waals surface area contributed by atoms with Crippen LogP contribution >= 0.6 is 0 Å². The number of anilines is 1. The standard InChI is InChI=1S/C12H17N5O4/c1-5-7(18)12(2,19)10(21-5)17-4-14-6-8(17)15-11(13)16-9(6)20-3/h4-5,7,10,18-19H,1-3H3,(H2,13,15,16)/t5-,7-,10-,12-/m1/s1. The molecule has 4 atom stereocenters. The van der Waals surface area contributed by atoms with Crippen molar-refractivity contribution in [3.05, 3.63) is 6.33 Å². The van der Waals surface area contributed by atoms with E-state index >= 15 is 0 Å². The van der Waals surface area contributed by atoms with Crippen molar-refractivity contribution in [2.45, 2.75) is 37.9 Å². The summed E-state index contributed by atoms with van der Waals surface area (Å²) >= 11 is 0. The van der Waals surface area contributed by atoms with Crippen LogP contribution in [0.4, 0.5) is 5.95 Å². The van der Waals surface area contributed by atoms with Crippen molar-refractivity contribution in [2.75, 3.05) is 12.8 Å². The van der Waals surface area contributed by atoms with E-state index < -0.39 is 24.0 Å². The lowest BCUT2D eigenvalue weighted by atomic mass is 9.97. The van der Waals surface area contributed by atoms with Gasteiger partial charge in [0.2, 0.25) is 11.8 Å². The molecule has 0 unspecified atom stereocenters. The van der Waals surface area contributed by atoms with Gasteiger partial charge in [-0.25, -0.2) is 4.98 Å². The fraction of sp³-hybridized carbons (Fsp3) is 0.583. The maximum atomic E-state index is 10.5. The van der Waals surface area contributed by atoms with Gasteiger partial charge in [-0.3, -0.25) is 4.57 Å². The number of nitrogen functional groups attached to an aromatic ring is 1. The zero-order chi connectivity index (χ0) is 15.4. The normalized spacial score (nSPS) is 32.7. The molecule has 0 aliphatic carbocycles. The van der Waals surface area contributed by atoms with Gasteiger partial charge in [-0.15, -0.1) is 0 Å². The lowest BCUT2D eigenvalue weighted by Gasteiger charge is -2.27. The van der Waals surface area contributed by atoms with E-state index in [1.165, 1.54) is 24.9 Å². The van der Waals surface area contributed by atoms with E-state index in [4.69, 9.17) is 15.2 Å². The highest BCUT2D eigenvalue weighted by molar-refractivity contribution is 5.77. The average molecular weight is 295 g/mol. The third-order valence-electron chi connectivity index (χ3n) is 3.74. The van der Waals surface area contributed by atoms with Crippen LogP contribution in [-0.4, -0.2) is 54.7 Å². The van der Waals surface area contributed by atoms with Crippen molar-refractivity contribution in [3.63, 3.8) is 0 Å². The van der Waals surface area contributed by atoms with Crippen LogP contribution in [0.25, 0.3) is 11.2 Å². The Kier molecular flexibility index (Phi) is 3.01. The van der Waals surface area contributed by atoms with Crippen LogP contribution in [0.5, 0.6) is 5.88 Å². The quantitative estimate of drug-likeness (QED) is 0.673. The Morgan fingerprint density at radius 2 is 2.19 bits per heavy atom. The third kappa shape index (κ3) is 1.93. The summed E-state index contributed by atoms with van der Waals surface area (Å²) in [7, 11) is 1.45. The number of imidazole rings is 1. The molecule has 9 nitrogen and oxygen atoms in total. The summed E-state index contributed by atoms with van der Waals surface area (Å²) < 4.78 is 12.3. The smallest absolute Gasteiger partial charge is 0.246 e. The molecule has 1 aliphatic rings. The number of hydrogen-bond acceptors (Lipinski definition) is 8. The molecule has 0 aromatic carbocycles. The molecule has 0 amide bonds. The number of rotatable bonds is 2. The Morgan fingerprint density at radius 1 is 1.48 bits per heavy atom. The zero-order valence-electron chi connectivity index (χ0n) is 11.9. The molecule has 3 rings (SSSR count). The van der Waals surface area contributed by atoms with E-state index in [0.717, 1.165) is 0 Å². The number of methoxy groups -OCH3 is 1. The molecule has 2 aromatic heterocycles. The summed E-state index contributed by atoms with van der Waals surface area (Å²) in [6.45, 7) is 3.18. The fourth-order valence-electron chi connectivity index (χ4n) is 2.60. The zero-order valence-corrected chi connectivity index (χ0v) is 11.9. The molecule has 2 aromatic rings. The minimum Gasteiger partial charge on any atom is -0.479 e. The van der Waals surface area contributed by atoms with Gasteiger partial charge in [-0.05, 0) is 13.8 Å². The summed E-state index contributed by atoms with van der Waals surface area (Å²) in [5, 5.41) is 20.5. The number of hydrogen-bond donors (Lipinski definition) is 3. The predicted octanol–water partition coefficient (Wildman–Crippen LogP) is -0.554. The molecule has 1 saturated heterocycles. The van der Waals surface area contributed by atoms with Gasteiger partial charge in [-0.1, -0.05) is 0 Å². The molecule has 0 saturated carbocycles. The fourth-order valence-corrected chi connectivity index (χ4v) is 2.60. The lowest BCUT2D eigenvalue weighted by Crippen LogP contribution is -2.43. The highest BCUT2D eigenvalue weighted by atomic mass is 16.6. The predicted molar refractivity (Wildman–Crippen MR) is 72.5 cm³/mol. The number of aromatic nitrogens is 4. The van der Waals surface area contributed by atoms with Gasteiger partial charge >= 0.3 is 0 Å². The van der Waals surface area contributed by atoms with Gasteiger partial charge < -0.3 is 25.4 Å². The summed E-state index contributed by atoms with van der Waals surface area (Å²) in [6.07, 6.45) is -0.943. The molecule has 114 valence electrons. The van der Waals surface area contributed by atoms with Gasteiger partial charge in [-0.2, -0.15) is 9.97 Å². The summed E-state index contributed by atoms with van der Waals surface area (Å²) in [5.41, 5.74) is 4.94. The van der Waals surface area contributed by atoms with Crippen molar-refractivity contribution in [1.82, 2.24) is 19.5 Å². The van der Waals surface area contributed by atoms with Gasteiger partial charge in [0.15, 0.2) is 17.4 Å². The number of aliphatic hydroxyl groups excluding tert-OH is 1. The van der Waals surface area contributed by atoms with Crippen LogP contribution in [-0.2, 0) is 4.74 Å². The van der Waals surface area contributed by atoms with Crippen LogP contribution in [0.3, 0.4) is 0 Å². The second-order valence-corrected chi connectivity index (χ2v) is 5.28. The molecular weight excluding hydrogens is 278 g/mol. The summed E-state index contributed by atoms with van der Waals surface area (Å²) in [4.78, 5) is 12.2. The van der Waals surface area contributed by atoms with Gasteiger partial charge in [0, 0.05) is 0 Å². The number of ether oxygens (including phenoxy) is 2. The maximum absolute atomic E-state index is 10.5. The number of fused-ring (bicyclic) bond motifs is 1. The minimum absolute atomic E-state index is 0.0207. The molecule has 21 heavy (non-hydrogen) atoms. The Bertz CT molecular complexity index is 686. The minimum atomic E-state index is -1.49. The maximum Gasteiger partial charge on any atom is 0.246 e. The lowest BCUT2D eigenvalue weighted by molar-refractivity contribution is -0.0936. The van der Waals surface area contributed by atoms with Crippen LogP contribution < -0.4 is 10.5 Å². The van der Waals surface area contributed by atoms with Crippen molar-refractivity contribution < 1.29 is 19.7 Å². The monoisotopic (exact) mass is 295 g/mol. The molecule has 3 heterocycles. The topological polar surface area (TPSA) is 129 Å². The van der Waals surface area contributed by atoms with Crippen molar-refractivity contribution in [3.8, 4) is 5.88 Å². The van der Waals surface area contributed by atoms with E-state index in [-0.39, 0.29) is 11.8 Å². The van der Waals surface area contributed by atoms with E-state index in [1.54, 1.807) is 6.92 Å². The molecule has 0 radical (unpaired) electrons. The number of aliphatic hydroxyl groups is 2. The highest BCUT2D eigenvalue weighted by Crippen LogP contribution is 2.39. The molecule has 0 spiro atoms. The molecule has 4 N–H and O–H groups in total. The van der Waals surface area contributed by atoms with Crippen molar-refractivity contribution >= 4 is 17.1 Å². The summed E-state index contributed by atoms with van der Waals surface area (Å²) in [5.74, 6) is 0.259. The molecule has 1 fully saturated rings. The SMILES string of the molecule is COc1nc(N)nc2c1ncn2[C@@H]1O[C@H](C)[C@@H](O)[C@@]1(C)O. The first-order valence-electron chi connectivity index (χ1n) is 6.46. The van der Waals surface area contributed by atoms with E-state index in [9.17, 15) is 10.2 Å². The number of nitrogens with zero attached hydrogens (tertiary/aromatic N) is 4. The third-order valence-corrected chi connectivity index (χ3v) is 3.74. The Labute approximate surface area is 120 Å². The second-order valence-electron chi connectivity index (χ2n) is 5.28. The van der Waals surface area contributed by atoms with E-state index in [0.29, 0.717) is 11.2 Å². The van der Waals surface area contributed by atoms with Gasteiger partial charge in [0.05, 0.1) is 19.5 Å². The Balaban J connectivity index is 2.16. The van der Waals surface area contributed by atoms with Crippen LogP contribution in [0.1, 0.15) is 20.1 Å². The van der Waals surface area contributed by atoms with E-state index in [2.05, 4.69) is 15.0 Å². The Morgan fingerprint density at radius 3 is 2.76 bits per heavy atom. The summed E-state index contributed by atoms with van der Waals surface area (Å²) in [6, 6.07) is 0.